The molecule has 0 aromatic heterocycles. The van der Waals surface area contributed by atoms with Crippen LogP contribution in [0.2, 0.25) is 0 Å². The number of allylic oxidation sites excluding steroid dienone is 1. The molecule has 262 valence electrons. The Morgan fingerprint density at radius 2 is 0.538 bits per heavy atom. The summed E-state index contributed by atoms with van der Waals surface area (Å²) in [5.74, 6) is 0. The number of benzene rings is 7. The van der Waals surface area contributed by atoms with Crippen molar-refractivity contribution in [2.24, 2.45) is 0 Å². The molecule has 7 rings (SSSR count). The number of hydrogen-bond donors (Lipinski definition) is 0. The summed E-state index contributed by atoms with van der Waals surface area (Å²) in [7, 11) is 0. The molecule has 7 aromatic rings. The zero-order chi connectivity index (χ0) is 34.5. The smallest absolute Gasteiger partial charge is 0.148 e. The van der Waals surface area contributed by atoms with Crippen molar-refractivity contribution in [1.29, 1.82) is 0 Å². The monoisotopic (exact) mass is 720 g/mol. The van der Waals surface area contributed by atoms with Crippen molar-refractivity contribution in [1.82, 2.24) is 4.48 Å². The van der Waals surface area contributed by atoms with Gasteiger partial charge in [0.05, 0.1) is 5.70 Å². The third-order valence-corrected chi connectivity index (χ3v) is 9.37. The van der Waals surface area contributed by atoms with E-state index in [-0.39, 0.29) is 24.8 Å². The van der Waals surface area contributed by atoms with Crippen LogP contribution >= 0.6 is 0 Å². The minimum atomic E-state index is 0. The number of rotatable bonds is 11. The van der Waals surface area contributed by atoms with E-state index in [1.54, 1.807) is 0 Å². The SMILES string of the molecule is C=C(C)[N+](Cc1ccccc1)(Cc1ccccc1)Cc1ccccc1.[Cl-].[Cl-].c1ccc([N+](c2ccccc2)(c2ccccc2)c2ccccc2)cc1. The summed E-state index contributed by atoms with van der Waals surface area (Å²) in [5.41, 5.74) is 10.1. The van der Waals surface area contributed by atoms with Gasteiger partial charge in [0.25, 0.3) is 0 Å². The molecule has 7 aromatic carbocycles. The van der Waals surface area contributed by atoms with E-state index in [4.69, 9.17) is 0 Å². The molecular weight excluding hydrogens is 675 g/mol. The molecule has 0 atom stereocenters. The Balaban J connectivity index is 0.000000224. The van der Waals surface area contributed by atoms with Crippen LogP contribution in [-0.2, 0) is 19.6 Å². The van der Waals surface area contributed by atoms with Crippen LogP contribution in [0.1, 0.15) is 23.6 Å². The molecule has 0 N–H and O–H groups in total. The predicted octanol–water partition coefficient (Wildman–Crippen LogP) is 6.93. The van der Waals surface area contributed by atoms with E-state index in [9.17, 15) is 0 Å². The van der Waals surface area contributed by atoms with Crippen LogP contribution in [0.5, 0.6) is 0 Å². The quantitative estimate of drug-likeness (QED) is 0.127. The van der Waals surface area contributed by atoms with Crippen molar-refractivity contribution in [2.75, 3.05) is 0 Å². The van der Waals surface area contributed by atoms with Crippen molar-refractivity contribution < 1.29 is 29.3 Å². The highest BCUT2D eigenvalue weighted by Gasteiger charge is 2.38. The van der Waals surface area contributed by atoms with Crippen LogP contribution in [0.15, 0.2) is 225 Å². The normalized spacial score (nSPS) is 10.8. The van der Waals surface area contributed by atoms with E-state index in [0.717, 1.165) is 24.1 Å². The summed E-state index contributed by atoms with van der Waals surface area (Å²) in [6.45, 7) is 9.38. The highest BCUT2D eigenvalue weighted by atomic mass is 35.5. The molecule has 0 aliphatic rings. The molecule has 0 amide bonds. The second kappa shape index (κ2) is 19.4. The first-order valence-electron chi connectivity index (χ1n) is 17.4. The van der Waals surface area contributed by atoms with Crippen molar-refractivity contribution in [3.8, 4) is 0 Å². The lowest BCUT2D eigenvalue weighted by molar-refractivity contribution is -0.931. The van der Waals surface area contributed by atoms with Crippen molar-refractivity contribution in [2.45, 2.75) is 26.6 Å². The molecule has 52 heavy (non-hydrogen) atoms. The fraction of sp³-hybridized carbons (Fsp3) is 0.0833. The largest absolute Gasteiger partial charge is 1.00 e. The maximum atomic E-state index is 4.39. The van der Waals surface area contributed by atoms with Crippen LogP contribution in [0.4, 0.5) is 22.7 Å². The Kier molecular flexibility index (Phi) is 14.8. The topological polar surface area (TPSA) is 0 Å². The molecule has 0 saturated heterocycles. The van der Waals surface area contributed by atoms with E-state index in [1.165, 1.54) is 45.1 Å². The van der Waals surface area contributed by atoms with Crippen molar-refractivity contribution in [3.63, 3.8) is 0 Å². The third-order valence-electron chi connectivity index (χ3n) is 9.37. The fourth-order valence-electron chi connectivity index (χ4n) is 6.87. The van der Waals surface area contributed by atoms with Crippen LogP contribution < -0.4 is 29.3 Å². The standard InChI is InChI=1S/C24H20N.C24H26N.2ClH/c1-5-13-21(14-6-1)25(22-15-7-2-8-16-22,23-17-9-3-10-18-23)24-19-11-4-12-20-24;1-21(2)25(18-22-12-6-3-7-13-22,19-23-14-8-4-9-15-23)20-24-16-10-5-11-17-24;;/h1-20H;3-17H,1,18-20H2,2H3;2*1H/q2*+1;;/p-2. The first-order chi connectivity index (χ1) is 24.6. The zero-order valence-electron chi connectivity index (χ0n) is 29.7. The van der Waals surface area contributed by atoms with Gasteiger partial charge in [-0.05, 0) is 6.58 Å². The number of quaternary nitrogens is 2. The van der Waals surface area contributed by atoms with E-state index in [0.29, 0.717) is 4.48 Å². The van der Waals surface area contributed by atoms with Crippen LogP contribution in [0.25, 0.3) is 0 Å². The molecule has 0 bridgehead atoms. The lowest BCUT2D eigenvalue weighted by Crippen LogP contribution is -3.00. The molecule has 0 aliphatic heterocycles. The van der Waals surface area contributed by atoms with Gasteiger partial charge in [-0.1, -0.05) is 164 Å². The van der Waals surface area contributed by atoms with Gasteiger partial charge in [-0.2, -0.15) is 4.48 Å². The first-order valence-corrected chi connectivity index (χ1v) is 17.4. The van der Waals surface area contributed by atoms with Crippen molar-refractivity contribution in [3.05, 3.63) is 241 Å². The minimum absolute atomic E-state index is 0. The summed E-state index contributed by atoms with van der Waals surface area (Å²) < 4.78 is 1.39. The van der Waals surface area contributed by atoms with Crippen LogP contribution in [0, 0.1) is 0 Å². The Hall–Kier alpha value is -5.22. The average molecular weight is 722 g/mol. The summed E-state index contributed by atoms with van der Waals surface area (Å²) in [6, 6.07) is 75.0. The molecule has 0 aliphatic carbocycles. The highest BCUT2D eigenvalue weighted by molar-refractivity contribution is 5.81. The van der Waals surface area contributed by atoms with Gasteiger partial charge in [0.15, 0.2) is 0 Å². The average Bonchev–Trinajstić information content (AvgIpc) is 3.18. The van der Waals surface area contributed by atoms with Gasteiger partial charge >= 0.3 is 0 Å². The van der Waals surface area contributed by atoms with Crippen LogP contribution in [0.3, 0.4) is 0 Å². The maximum absolute atomic E-state index is 4.39. The Bertz CT molecular complexity index is 1760. The molecule has 4 heteroatoms. The van der Waals surface area contributed by atoms with Gasteiger partial charge in [0, 0.05) is 72.1 Å². The lowest BCUT2D eigenvalue weighted by atomic mass is 10.1. The number of halogens is 2. The van der Waals surface area contributed by atoms with E-state index in [2.05, 4.69) is 226 Å². The molecule has 0 saturated carbocycles. The molecule has 0 heterocycles. The molecule has 0 fully saturated rings. The molecule has 0 unspecified atom stereocenters. The lowest BCUT2D eigenvalue weighted by Gasteiger charge is -2.39. The van der Waals surface area contributed by atoms with E-state index >= 15 is 0 Å². The number of hydrogen-bond acceptors (Lipinski definition) is 0. The molecule has 2 nitrogen and oxygen atoms in total. The Labute approximate surface area is 323 Å². The molecule has 0 spiro atoms. The summed E-state index contributed by atoms with van der Waals surface area (Å²) >= 11 is 0. The van der Waals surface area contributed by atoms with E-state index in [1.807, 2.05) is 0 Å². The molecule has 0 radical (unpaired) electrons. The Morgan fingerprint density at radius 3 is 0.731 bits per heavy atom. The minimum Gasteiger partial charge on any atom is -1.00 e. The summed E-state index contributed by atoms with van der Waals surface area (Å²) in [5, 5.41) is 0. The summed E-state index contributed by atoms with van der Waals surface area (Å²) in [4.78, 5) is 0. The highest BCUT2D eigenvalue weighted by Crippen LogP contribution is 2.50. The molecular formula is C48H46Cl2N2. The zero-order valence-corrected chi connectivity index (χ0v) is 31.2. The second-order valence-electron chi connectivity index (χ2n) is 12.8. The predicted molar refractivity (Wildman–Crippen MR) is 212 cm³/mol. The third kappa shape index (κ3) is 9.36. The number of para-hydroxylation sites is 4. The van der Waals surface area contributed by atoms with Gasteiger partial charge in [0.1, 0.15) is 42.4 Å². The van der Waals surface area contributed by atoms with Gasteiger partial charge < -0.3 is 24.8 Å². The van der Waals surface area contributed by atoms with Gasteiger partial charge in [-0.25, -0.2) is 0 Å². The van der Waals surface area contributed by atoms with Gasteiger partial charge in [-0.3, -0.25) is 4.48 Å². The fourth-order valence-corrected chi connectivity index (χ4v) is 6.87. The van der Waals surface area contributed by atoms with Gasteiger partial charge in [-0.15, -0.1) is 0 Å². The van der Waals surface area contributed by atoms with Gasteiger partial charge in [0.2, 0.25) is 0 Å². The second-order valence-corrected chi connectivity index (χ2v) is 12.8. The van der Waals surface area contributed by atoms with Crippen LogP contribution in [-0.4, -0.2) is 4.48 Å². The van der Waals surface area contributed by atoms with Crippen molar-refractivity contribution >= 4 is 22.7 Å². The number of nitrogens with zero attached hydrogens (tertiary/aromatic N) is 2. The Morgan fingerprint density at radius 1 is 0.346 bits per heavy atom. The maximum Gasteiger partial charge on any atom is 0.148 e. The van der Waals surface area contributed by atoms with E-state index < -0.39 is 0 Å². The first kappa shape index (κ1) is 39.6. The summed E-state index contributed by atoms with van der Waals surface area (Å²) in [6.07, 6.45) is 0.